The zero-order chi connectivity index (χ0) is 41.0. The molecule has 3 aromatic heterocycles. The lowest BCUT2D eigenvalue weighted by Gasteiger charge is -2.34. The number of ether oxygens (including phenoxy) is 1. The molecule has 4 aliphatic heterocycles. The van der Waals surface area contributed by atoms with Gasteiger partial charge in [-0.1, -0.05) is 42.3 Å². The van der Waals surface area contributed by atoms with E-state index in [-0.39, 0.29) is 34.9 Å². The van der Waals surface area contributed by atoms with Gasteiger partial charge in [-0.3, -0.25) is 9.88 Å². The minimum atomic E-state index is -1.36. The number of rotatable bonds is 9. The second-order valence-corrected chi connectivity index (χ2v) is 17.9. The Morgan fingerprint density at radius 3 is 2.45 bits per heavy atom. The first-order chi connectivity index (χ1) is 29.3. The van der Waals surface area contributed by atoms with Gasteiger partial charge in [-0.05, 0) is 93.6 Å². The highest BCUT2D eigenvalue weighted by molar-refractivity contribution is 7.83. The van der Waals surface area contributed by atoms with Crippen molar-refractivity contribution in [1.82, 2.24) is 39.3 Å². The van der Waals surface area contributed by atoms with Crippen LogP contribution in [0.25, 0.3) is 32.9 Å². The second-order valence-electron chi connectivity index (χ2n) is 16.6. The van der Waals surface area contributed by atoms with Gasteiger partial charge in [-0.15, -0.1) is 11.5 Å². The zero-order valence-electron chi connectivity index (χ0n) is 33.1. The predicted octanol–water partition coefficient (Wildman–Crippen LogP) is 6.27. The number of pyridine rings is 1. The highest BCUT2D eigenvalue weighted by Crippen LogP contribution is 2.41. The minimum Gasteiger partial charge on any atom is -0.461 e. The zero-order valence-corrected chi connectivity index (χ0v) is 33.9. The summed E-state index contributed by atoms with van der Waals surface area (Å²) in [7, 11) is -1.36. The summed E-state index contributed by atoms with van der Waals surface area (Å²) in [5.74, 6) is 3.22. The smallest absolute Gasteiger partial charge is 0.319 e. The van der Waals surface area contributed by atoms with E-state index in [0.717, 1.165) is 88.9 Å². The molecule has 3 unspecified atom stereocenters. The molecular formula is C45H45F2N9O3S. The van der Waals surface area contributed by atoms with Gasteiger partial charge in [0.15, 0.2) is 22.6 Å². The highest BCUT2D eigenvalue weighted by Gasteiger charge is 2.45. The van der Waals surface area contributed by atoms with E-state index in [2.05, 4.69) is 41.1 Å². The molecule has 0 radical (unpaired) electrons. The minimum absolute atomic E-state index is 0.00718. The fourth-order valence-electron chi connectivity index (χ4n) is 9.53. The number of hydrogen-bond donors (Lipinski definition) is 2. The number of aliphatic hydroxyl groups excluding tert-OH is 1. The van der Waals surface area contributed by atoms with E-state index in [9.17, 15) is 8.60 Å². The molecule has 2 N–H and O–H groups in total. The molecule has 7 heterocycles. The molecule has 0 amide bonds. The fourth-order valence-corrected chi connectivity index (χ4v) is 10.4. The molecule has 1 saturated carbocycles. The summed E-state index contributed by atoms with van der Waals surface area (Å²) in [6.07, 6.45) is 17.8. The Morgan fingerprint density at radius 1 is 0.967 bits per heavy atom. The van der Waals surface area contributed by atoms with Gasteiger partial charge in [-0.2, -0.15) is 14.1 Å². The number of nitrogens with one attached hydrogen (secondary N) is 1. The third kappa shape index (κ3) is 7.19. The van der Waals surface area contributed by atoms with Crippen molar-refractivity contribution in [2.24, 2.45) is 0 Å². The molecular weight excluding hydrogens is 785 g/mol. The van der Waals surface area contributed by atoms with Crippen LogP contribution < -0.4 is 15.0 Å². The maximum Gasteiger partial charge on any atom is 0.319 e. The van der Waals surface area contributed by atoms with E-state index in [1.54, 1.807) is 48.7 Å². The van der Waals surface area contributed by atoms with E-state index in [4.69, 9.17) is 21.3 Å². The van der Waals surface area contributed by atoms with Gasteiger partial charge in [0.2, 0.25) is 0 Å². The van der Waals surface area contributed by atoms with Gasteiger partial charge in [0.1, 0.15) is 35.8 Å². The van der Waals surface area contributed by atoms with Gasteiger partial charge in [-0.25, -0.2) is 18.0 Å². The summed E-state index contributed by atoms with van der Waals surface area (Å²) in [6.45, 7) is 4.20. The van der Waals surface area contributed by atoms with Crippen LogP contribution in [0.15, 0.2) is 72.0 Å². The summed E-state index contributed by atoms with van der Waals surface area (Å²) in [5.41, 5.74) is 1.54. The van der Waals surface area contributed by atoms with Gasteiger partial charge < -0.3 is 20.1 Å². The van der Waals surface area contributed by atoms with Crippen LogP contribution in [0.5, 0.6) is 6.01 Å². The van der Waals surface area contributed by atoms with Crippen LogP contribution in [0.1, 0.15) is 74.2 Å². The van der Waals surface area contributed by atoms with Crippen molar-refractivity contribution in [2.45, 2.75) is 86.4 Å². The Labute approximate surface area is 349 Å². The molecule has 3 aromatic carbocycles. The number of terminal acetylenes is 1. The molecule has 2 bridgehead atoms. The quantitative estimate of drug-likeness (QED) is 0.160. The molecule has 308 valence electrons. The van der Waals surface area contributed by atoms with Crippen molar-refractivity contribution in [3.8, 4) is 29.6 Å². The Kier molecular flexibility index (Phi) is 10.3. The average Bonchev–Trinajstić information content (AvgIpc) is 3.53. The molecule has 5 aliphatic rings. The van der Waals surface area contributed by atoms with Crippen LogP contribution in [-0.2, 0) is 17.6 Å². The standard InChI is InChI=1S/C33H32F2N6O.C12H13N3O2S/c1-2-23-26(34)11-8-20-6-3-7-24(27(20)23)29-28(35)30-25(16-36-29)31(40-17-21-9-10-22(18-40)37-21)39-32(38-30)42-19-33-12-4-14-41(33)15-5-13-33;16-7-9-1-5-11(6-2-9)18(17)15-8-13-12(14-15)10-3-4-10/h1,3,6-8,11,16,21-22,37H,4-5,9-10,12-15,17-19H2;1-2,5-6,8,10,16H,3-4,7H2. The Morgan fingerprint density at radius 2 is 1.73 bits per heavy atom. The molecule has 60 heavy (non-hydrogen) atoms. The average molecular weight is 830 g/mol. The summed E-state index contributed by atoms with van der Waals surface area (Å²) in [6, 6.07) is 16.2. The molecule has 12 nitrogen and oxygen atoms in total. The monoisotopic (exact) mass is 829 g/mol. The maximum atomic E-state index is 16.7. The first-order valence-electron chi connectivity index (χ1n) is 20.8. The van der Waals surface area contributed by atoms with Gasteiger partial charge in [0.05, 0.1) is 28.0 Å². The summed E-state index contributed by atoms with van der Waals surface area (Å²) in [4.78, 5) is 23.7. The van der Waals surface area contributed by atoms with Gasteiger partial charge in [0.25, 0.3) is 0 Å². The largest absolute Gasteiger partial charge is 0.461 e. The number of halogens is 2. The van der Waals surface area contributed by atoms with E-state index in [1.807, 2.05) is 6.07 Å². The van der Waals surface area contributed by atoms with Crippen LogP contribution in [-0.4, -0.2) is 93.7 Å². The number of aliphatic hydroxyl groups is 1. The molecule has 6 aromatic rings. The fraction of sp³-hybridized carbons (Fsp3) is 0.400. The second kappa shape index (κ2) is 15.9. The normalized spacial score (nSPS) is 21.1. The number of anilines is 1. The van der Waals surface area contributed by atoms with Gasteiger partial charge >= 0.3 is 6.01 Å². The molecule has 15 heteroatoms. The predicted molar refractivity (Wildman–Crippen MR) is 225 cm³/mol. The van der Waals surface area contributed by atoms with Crippen molar-refractivity contribution >= 4 is 38.5 Å². The van der Waals surface area contributed by atoms with E-state index in [1.165, 1.54) is 16.5 Å². The van der Waals surface area contributed by atoms with E-state index < -0.39 is 22.6 Å². The van der Waals surface area contributed by atoms with Crippen LogP contribution in [0.2, 0.25) is 0 Å². The van der Waals surface area contributed by atoms with Crippen molar-refractivity contribution in [1.29, 1.82) is 0 Å². The van der Waals surface area contributed by atoms with E-state index in [0.29, 0.717) is 57.0 Å². The number of fused-ring (bicyclic) bond motifs is 5. The molecule has 5 fully saturated rings. The summed E-state index contributed by atoms with van der Waals surface area (Å²) in [5, 5.41) is 18.6. The molecule has 1 aliphatic carbocycles. The van der Waals surface area contributed by atoms with Crippen molar-refractivity contribution < 1.29 is 22.8 Å². The third-order valence-electron chi connectivity index (χ3n) is 12.7. The first kappa shape index (κ1) is 38.8. The lowest BCUT2D eigenvalue weighted by molar-refractivity contribution is 0.108. The van der Waals surface area contributed by atoms with Crippen molar-refractivity contribution in [2.75, 3.05) is 37.7 Å². The molecule has 0 spiro atoms. The number of hydrogen-bond acceptors (Lipinski definition) is 11. The topological polar surface area (TPSA) is 134 Å². The van der Waals surface area contributed by atoms with Crippen molar-refractivity contribution in [3.63, 3.8) is 0 Å². The third-order valence-corrected chi connectivity index (χ3v) is 13.9. The van der Waals surface area contributed by atoms with Gasteiger partial charge in [0, 0.05) is 48.2 Å². The van der Waals surface area contributed by atoms with E-state index >= 15 is 4.39 Å². The first-order valence-corrected chi connectivity index (χ1v) is 21.9. The number of piperazine rings is 1. The molecule has 4 saturated heterocycles. The Hall–Kier alpha value is -5.40. The van der Waals surface area contributed by atoms with Crippen LogP contribution in [0.3, 0.4) is 0 Å². The lowest BCUT2D eigenvalue weighted by atomic mass is 9.95. The van der Waals surface area contributed by atoms with Crippen LogP contribution in [0.4, 0.5) is 14.6 Å². The van der Waals surface area contributed by atoms with Crippen LogP contribution in [0, 0.1) is 24.0 Å². The molecule has 3 atom stereocenters. The number of benzene rings is 3. The Balaban J connectivity index is 0.000000201. The Bertz CT molecular complexity index is 2640. The maximum absolute atomic E-state index is 16.7. The van der Waals surface area contributed by atoms with Crippen LogP contribution >= 0.6 is 0 Å². The number of aromatic nitrogens is 6. The lowest BCUT2D eigenvalue weighted by Crippen LogP contribution is -2.51. The SMILES string of the molecule is C#Cc1c(F)ccc2cccc(-c3ncc4c(N5CC6CCC(C5)N6)nc(OCC56CCCN5CCC6)nc4c3F)c12.O=S(c1ccc(CO)cc1)n1cnc(C2CC2)n1. The summed E-state index contributed by atoms with van der Waals surface area (Å²) >= 11 is 0. The molecule has 11 rings (SSSR count). The summed E-state index contributed by atoms with van der Waals surface area (Å²) < 4.78 is 51.4. The highest BCUT2D eigenvalue weighted by atomic mass is 32.2. The number of nitrogens with zero attached hydrogens (tertiary/aromatic N) is 8. The van der Waals surface area contributed by atoms with Crippen molar-refractivity contribution in [3.05, 3.63) is 95.7 Å².